The normalized spacial score (nSPS) is 10.9. The third-order valence-electron chi connectivity index (χ3n) is 5.44. The van der Waals surface area contributed by atoms with Crippen molar-refractivity contribution >= 4 is 16.7 Å². The van der Waals surface area contributed by atoms with E-state index >= 15 is 0 Å². The number of rotatable bonds is 6. The number of hydrogen-bond acceptors (Lipinski definition) is 4. The van der Waals surface area contributed by atoms with Gasteiger partial charge in [0.15, 0.2) is 5.69 Å². The Morgan fingerprint density at radius 1 is 0.788 bits per heavy atom. The summed E-state index contributed by atoms with van der Waals surface area (Å²) < 4.78 is 6.81. The maximum absolute atomic E-state index is 13.9. The van der Waals surface area contributed by atoms with E-state index in [1.54, 1.807) is 53.6 Å². The molecule has 5 rings (SSSR count). The molecule has 0 fully saturated rings. The molecule has 2 heterocycles. The number of benzene rings is 3. The van der Waals surface area contributed by atoms with E-state index in [9.17, 15) is 9.59 Å². The van der Waals surface area contributed by atoms with Crippen molar-refractivity contribution in [3.8, 4) is 5.69 Å². The molecular formula is C27H21N3O3. The van der Waals surface area contributed by atoms with Gasteiger partial charge in [-0.05, 0) is 35.9 Å². The number of nitrogens with zero attached hydrogens (tertiary/aromatic N) is 3. The lowest BCUT2D eigenvalue weighted by atomic mass is 10.1. The third kappa shape index (κ3) is 4.19. The molecule has 0 spiro atoms. The highest BCUT2D eigenvalue weighted by Crippen LogP contribution is 2.20. The van der Waals surface area contributed by atoms with Crippen LogP contribution in [0.3, 0.4) is 0 Å². The second-order valence-corrected chi connectivity index (χ2v) is 7.67. The van der Waals surface area contributed by atoms with Gasteiger partial charge in [0.05, 0.1) is 23.9 Å². The van der Waals surface area contributed by atoms with Crippen LogP contribution in [-0.2, 0) is 13.1 Å². The van der Waals surface area contributed by atoms with Crippen LogP contribution >= 0.6 is 0 Å². The van der Waals surface area contributed by atoms with Gasteiger partial charge in [0, 0.05) is 11.9 Å². The van der Waals surface area contributed by atoms with Gasteiger partial charge < -0.3 is 9.32 Å². The SMILES string of the molecule is O=C(c1nn(-c2ccccc2)c(=O)c2ccccc12)N(Cc1ccccc1)Cc1ccco1. The molecular weight excluding hydrogens is 414 g/mol. The average Bonchev–Trinajstić information content (AvgIpc) is 3.38. The van der Waals surface area contributed by atoms with Crippen molar-refractivity contribution in [3.05, 3.63) is 131 Å². The summed E-state index contributed by atoms with van der Waals surface area (Å²) in [7, 11) is 0. The van der Waals surface area contributed by atoms with Crippen molar-refractivity contribution < 1.29 is 9.21 Å². The second kappa shape index (κ2) is 8.96. The summed E-state index contributed by atoms with van der Waals surface area (Å²) in [6.07, 6.45) is 1.59. The summed E-state index contributed by atoms with van der Waals surface area (Å²) in [6, 6.07) is 29.6. The predicted octanol–water partition coefficient (Wildman–Crippen LogP) is 4.82. The van der Waals surface area contributed by atoms with Crippen molar-refractivity contribution in [3.63, 3.8) is 0 Å². The Balaban J connectivity index is 1.64. The Morgan fingerprint density at radius 3 is 2.15 bits per heavy atom. The number of amides is 1. The first kappa shape index (κ1) is 20.5. The fraction of sp³-hybridized carbons (Fsp3) is 0.0741. The molecule has 0 radical (unpaired) electrons. The van der Waals surface area contributed by atoms with Crippen molar-refractivity contribution in [2.24, 2.45) is 0 Å². The molecule has 0 saturated carbocycles. The van der Waals surface area contributed by atoms with Gasteiger partial charge in [-0.15, -0.1) is 0 Å². The molecule has 0 unspecified atom stereocenters. The first-order valence-electron chi connectivity index (χ1n) is 10.6. The minimum atomic E-state index is -0.281. The molecule has 0 aliphatic heterocycles. The molecule has 1 amide bonds. The highest BCUT2D eigenvalue weighted by atomic mass is 16.3. The van der Waals surface area contributed by atoms with Gasteiger partial charge in [0.25, 0.3) is 11.5 Å². The summed E-state index contributed by atoms with van der Waals surface area (Å²) in [5, 5.41) is 5.51. The molecule has 162 valence electrons. The number of furan rings is 1. The van der Waals surface area contributed by atoms with Crippen molar-refractivity contribution in [2.45, 2.75) is 13.1 Å². The van der Waals surface area contributed by atoms with E-state index in [-0.39, 0.29) is 23.7 Å². The number of para-hydroxylation sites is 1. The quantitative estimate of drug-likeness (QED) is 0.383. The minimum absolute atomic E-state index is 0.219. The molecule has 6 heteroatoms. The lowest BCUT2D eigenvalue weighted by molar-refractivity contribution is 0.0712. The Morgan fingerprint density at radius 2 is 1.45 bits per heavy atom. The number of hydrogen-bond donors (Lipinski definition) is 0. The number of carbonyl (C=O) groups is 1. The Kier molecular flexibility index (Phi) is 5.55. The molecule has 0 N–H and O–H groups in total. The fourth-order valence-corrected chi connectivity index (χ4v) is 3.84. The van der Waals surface area contributed by atoms with Gasteiger partial charge in [-0.2, -0.15) is 9.78 Å². The first-order valence-corrected chi connectivity index (χ1v) is 10.6. The Bertz CT molecular complexity index is 1440. The van der Waals surface area contributed by atoms with Crippen LogP contribution in [0.2, 0.25) is 0 Å². The van der Waals surface area contributed by atoms with Crippen LogP contribution < -0.4 is 5.56 Å². The molecule has 0 aliphatic carbocycles. The highest BCUT2D eigenvalue weighted by Gasteiger charge is 2.24. The fourth-order valence-electron chi connectivity index (χ4n) is 3.84. The summed E-state index contributed by atoms with van der Waals surface area (Å²) in [6.45, 7) is 0.655. The van der Waals surface area contributed by atoms with E-state index in [0.717, 1.165) is 5.56 Å². The monoisotopic (exact) mass is 435 g/mol. The topological polar surface area (TPSA) is 68.3 Å². The molecule has 3 aromatic carbocycles. The molecule has 33 heavy (non-hydrogen) atoms. The standard InChI is InChI=1S/C27H21N3O3/c31-26-24-16-8-7-15-23(24)25(28-30(26)21-12-5-2-6-13-21)27(32)29(19-22-14-9-17-33-22)18-20-10-3-1-4-11-20/h1-17H,18-19H2. The predicted molar refractivity (Wildman–Crippen MR) is 126 cm³/mol. The van der Waals surface area contributed by atoms with Crippen LogP contribution in [0.4, 0.5) is 0 Å². The number of carbonyl (C=O) groups excluding carboxylic acids is 1. The average molecular weight is 435 g/mol. The Hall–Kier alpha value is -4.45. The molecule has 0 bridgehead atoms. The van der Waals surface area contributed by atoms with Crippen molar-refractivity contribution in [1.29, 1.82) is 0 Å². The van der Waals surface area contributed by atoms with E-state index in [2.05, 4.69) is 5.10 Å². The number of fused-ring (bicyclic) bond motifs is 1. The summed E-state index contributed by atoms with van der Waals surface area (Å²) in [4.78, 5) is 28.8. The maximum atomic E-state index is 13.9. The van der Waals surface area contributed by atoms with E-state index < -0.39 is 0 Å². The first-order chi connectivity index (χ1) is 16.2. The second-order valence-electron chi connectivity index (χ2n) is 7.67. The van der Waals surface area contributed by atoms with Crippen LogP contribution in [-0.4, -0.2) is 20.6 Å². The lowest BCUT2D eigenvalue weighted by Gasteiger charge is -2.22. The molecule has 0 aliphatic rings. The zero-order valence-corrected chi connectivity index (χ0v) is 17.8. The van der Waals surface area contributed by atoms with Crippen LogP contribution in [0.15, 0.2) is 113 Å². The summed E-state index contributed by atoms with van der Waals surface area (Å²) in [5.41, 5.74) is 1.53. The van der Waals surface area contributed by atoms with Gasteiger partial charge in [-0.3, -0.25) is 9.59 Å². The summed E-state index contributed by atoms with van der Waals surface area (Å²) >= 11 is 0. The van der Waals surface area contributed by atoms with E-state index in [1.165, 1.54) is 4.68 Å². The van der Waals surface area contributed by atoms with Crippen molar-refractivity contribution in [2.75, 3.05) is 0 Å². The van der Waals surface area contributed by atoms with Gasteiger partial charge in [-0.1, -0.05) is 66.7 Å². The van der Waals surface area contributed by atoms with Crippen LogP contribution in [0.1, 0.15) is 21.8 Å². The van der Waals surface area contributed by atoms with Crippen LogP contribution in [0, 0.1) is 0 Å². The van der Waals surface area contributed by atoms with E-state index in [4.69, 9.17) is 4.42 Å². The van der Waals surface area contributed by atoms with Crippen molar-refractivity contribution in [1.82, 2.24) is 14.7 Å². The highest BCUT2D eigenvalue weighted by molar-refractivity contribution is 6.04. The maximum Gasteiger partial charge on any atom is 0.279 e. The van der Waals surface area contributed by atoms with Gasteiger partial charge in [-0.25, -0.2) is 0 Å². The van der Waals surface area contributed by atoms with Gasteiger partial charge >= 0.3 is 0 Å². The Labute approximate surface area is 190 Å². The smallest absolute Gasteiger partial charge is 0.279 e. The summed E-state index contributed by atoms with van der Waals surface area (Å²) in [5.74, 6) is 0.385. The lowest BCUT2D eigenvalue weighted by Crippen LogP contribution is -2.33. The molecule has 2 aromatic heterocycles. The zero-order valence-electron chi connectivity index (χ0n) is 17.8. The minimum Gasteiger partial charge on any atom is -0.467 e. The molecule has 5 aromatic rings. The third-order valence-corrected chi connectivity index (χ3v) is 5.44. The largest absolute Gasteiger partial charge is 0.467 e. The van der Waals surface area contributed by atoms with Crippen LogP contribution in [0.25, 0.3) is 16.5 Å². The van der Waals surface area contributed by atoms with Crippen LogP contribution in [0.5, 0.6) is 0 Å². The van der Waals surface area contributed by atoms with Gasteiger partial charge in [0.2, 0.25) is 0 Å². The zero-order chi connectivity index (χ0) is 22.6. The molecule has 6 nitrogen and oxygen atoms in total. The van der Waals surface area contributed by atoms with Gasteiger partial charge in [0.1, 0.15) is 5.76 Å². The number of aromatic nitrogens is 2. The molecule has 0 saturated heterocycles. The van der Waals surface area contributed by atoms with E-state index in [0.29, 0.717) is 28.8 Å². The van der Waals surface area contributed by atoms with E-state index in [1.807, 2.05) is 54.6 Å². The molecule has 0 atom stereocenters.